The van der Waals surface area contributed by atoms with Gasteiger partial charge in [-0.25, -0.2) is 4.98 Å². The highest BCUT2D eigenvalue weighted by atomic mass is 35.5. The molecule has 1 aliphatic heterocycles. The molecule has 1 saturated heterocycles. The van der Waals surface area contributed by atoms with Crippen molar-refractivity contribution < 1.29 is 22.8 Å². The van der Waals surface area contributed by atoms with E-state index >= 15 is 0 Å². The van der Waals surface area contributed by atoms with Gasteiger partial charge in [0.05, 0.1) is 21.4 Å². The molecule has 3 rings (SSSR count). The summed E-state index contributed by atoms with van der Waals surface area (Å²) in [6.07, 6.45) is -2.92. The molecule has 0 spiro atoms. The van der Waals surface area contributed by atoms with E-state index < -0.39 is 12.1 Å². The van der Waals surface area contributed by atoms with Crippen molar-refractivity contribution in [3.8, 4) is 0 Å². The quantitative estimate of drug-likeness (QED) is 0.701. The maximum Gasteiger partial charge on any atom is 0.472 e. The lowest BCUT2D eigenvalue weighted by molar-refractivity contribution is -0.169. The highest BCUT2D eigenvalue weighted by Crippen LogP contribution is 2.39. The molecule has 0 aliphatic carbocycles. The first-order chi connectivity index (χ1) is 14.2. The third-order valence-corrected chi connectivity index (χ3v) is 5.12. The van der Waals surface area contributed by atoms with Gasteiger partial charge in [-0.05, 0) is 50.2 Å². The van der Waals surface area contributed by atoms with Gasteiger partial charge in [-0.2, -0.15) is 13.2 Å². The second kappa shape index (κ2) is 9.20. The number of rotatable bonds is 4. The Morgan fingerprint density at radius 3 is 2.43 bits per heavy atom. The summed E-state index contributed by atoms with van der Waals surface area (Å²) in [6, 6.07) is 6.52. The molecule has 160 valence electrons. The summed E-state index contributed by atoms with van der Waals surface area (Å²) >= 11 is 12.0. The molecule has 1 fully saturated rings. The fraction of sp³-hybridized carbons (Fsp3) is 0.316. The topological polar surface area (TPSA) is 74.3 Å². The van der Waals surface area contributed by atoms with Crippen molar-refractivity contribution in [2.24, 2.45) is 5.92 Å². The van der Waals surface area contributed by atoms with Crippen LogP contribution in [0.1, 0.15) is 12.8 Å². The average Bonchev–Trinajstić information content (AvgIpc) is 2.71. The van der Waals surface area contributed by atoms with Gasteiger partial charge < -0.3 is 10.6 Å². The predicted octanol–water partition coefficient (Wildman–Crippen LogP) is 4.55. The molecule has 0 radical (unpaired) electrons. The van der Waals surface area contributed by atoms with Crippen LogP contribution in [0.5, 0.6) is 0 Å². The first-order valence-corrected chi connectivity index (χ1v) is 9.77. The highest BCUT2D eigenvalue weighted by molar-refractivity contribution is 6.35. The first-order valence-electron chi connectivity index (χ1n) is 9.01. The van der Waals surface area contributed by atoms with E-state index in [0.717, 1.165) is 6.20 Å². The molecule has 2 heterocycles. The van der Waals surface area contributed by atoms with Crippen LogP contribution in [-0.2, 0) is 9.59 Å². The highest BCUT2D eigenvalue weighted by Gasteiger charge is 2.45. The van der Waals surface area contributed by atoms with Crippen LogP contribution in [0, 0.1) is 5.92 Å². The zero-order valence-electron chi connectivity index (χ0n) is 15.5. The molecular weight excluding hydrogens is 444 g/mol. The third-order valence-electron chi connectivity index (χ3n) is 4.58. The number of hydrogen-bond acceptors (Lipinski definition) is 4. The maximum atomic E-state index is 13.4. The van der Waals surface area contributed by atoms with E-state index in [1.165, 1.54) is 30.3 Å². The molecule has 1 aromatic heterocycles. The number of hydrogen-bond donors (Lipinski definition) is 2. The summed E-state index contributed by atoms with van der Waals surface area (Å²) in [7, 11) is 0. The van der Waals surface area contributed by atoms with Crippen molar-refractivity contribution in [3.05, 3.63) is 46.6 Å². The Balaban J connectivity index is 2.05. The van der Waals surface area contributed by atoms with E-state index in [9.17, 15) is 22.8 Å². The molecule has 2 amide bonds. The first kappa shape index (κ1) is 22.3. The number of aromatic nitrogens is 1. The number of nitrogens with one attached hydrogen (secondary N) is 2. The van der Waals surface area contributed by atoms with E-state index in [1.54, 1.807) is 0 Å². The second-order valence-corrected chi connectivity index (χ2v) is 7.46. The van der Waals surface area contributed by atoms with Crippen LogP contribution in [0.15, 0.2) is 36.5 Å². The van der Waals surface area contributed by atoms with Crippen molar-refractivity contribution in [2.75, 3.05) is 23.3 Å². The molecule has 2 N–H and O–H groups in total. The van der Waals surface area contributed by atoms with Gasteiger partial charge in [0.15, 0.2) is 0 Å². The number of carbonyl (C=O) groups excluding carboxylic acids is 2. The summed E-state index contributed by atoms with van der Waals surface area (Å²) in [5, 5.41) is 5.91. The average molecular weight is 461 g/mol. The summed E-state index contributed by atoms with van der Waals surface area (Å²) in [4.78, 5) is 29.2. The number of alkyl halides is 3. The van der Waals surface area contributed by atoms with Gasteiger partial charge in [0, 0.05) is 12.1 Å². The standard InChI is InChI=1S/C19H17Cl2F3N4O2/c20-12-4-5-15(26-10-12)28(18(30)19(22,23)24)14-3-1-2-13(21)16(14)27-17(29)11-6-8-25-9-7-11/h1-5,10-11,25H,6-9H2,(H,27,29). The Kier molecular flexibility index (Phi) is 6.84. The van der Waals surface area contributed by atoms with Crippen LogP contribution in [0.2, 0.25) is 10.0 Å². The van der Waals surface area contributed by atoms with E-state index in [2.05, 4.69) is 15.6 Å². The van der Waals surface area contributed by atoms with Crippen LogP contribution in [0.3, 0.4) is 0 Å². The minimum Gasteiger partial charge on any atom is -0.323 e. The number of benzene rings is 1. The van der Waals surface area contributed by atoms with Crippen molar-refractivity contribution in [1.82, 2.24) is 10.3 Å². The zero-order valence-corrected chi connectivity index (χ0v) is 17.0. The zero-order chi connectivity index (χ0) is 21.9. The van der Waals surface area contributed by atoms with Crippen LogP contribution < -0.4 is 15.5 Å². The van der Waals surface area contributed by atoms with Gasteiger partial charge >= 0.3 is 12.1 Å². The van der Waals surface area contributed by atoms with E-state index in [1.807, 2.05) is 0 Å². The van der Waals surface area contributed by atoms with Crippen LogP contribution in [0.25, 0.3) is 0 Å². The number of pyridine rings is 1. The largest absolute Gasteiger partial charge is 0.472 e. The number of anilines is 3. The minimum absolute atomic E-state index is 0.0104. The van der Waals surface area contributed by atoms with E-state index in [0.29, 0.717) is 30.8 Å². The van der Waals surface area contributed by atoms with E-state index in [-0.39, 0.29) is 39.1 Å². The molecule has 2 aromatic rings. The van der Waals surface area contributed by atoms with Gasteiger partial charge in [0.25, 0.3) is 0 Å². The van der Waals surface area contributed by atoms with Gasteiger partial charge in [0.1, 0.15) is 5.82 Å². The molecule has 30 heavy (non-hydrogen) atoms. The van der Waals surface area contributed by atoms with Crippen molar-refractivity contribution in [3.63, 3.8) is 0 Å². The second-order valence-electron chi connectivity index (χ2n) is 6.62. The number of para-hydroxylation sites is 1. The van der Waals surface area contributed by atoms with Gasteiger partial charge in [0.2, 0.25) is 5.91 Å². The molecule has 0 unspecified atom stereocenters. The predicted molar refractivity (Wildman–Crippen MR) is 108 cm³/mol. The van der Waals surface area contributed by atoms with Crippen LogP contribution in [0.4, 0.5) is 30.4 Å². The summed E-state index contributed by atoms with van der Waals surface area (Å²) in [6.45, 7) is 1.31. The fourth-order valence-corrected chi connectivity index (χ4v) is 3.42. The minimum atomic E-state index is -5.19. The Morgan fingerprint density at radius 2 is 1.83 bits per heavy atom. The molecule has 0 atom stereocenters. The number of amides is 2. The number of halogens is 5. The van der Waals surface area contributed by atoms with Crippen LogP contribution in [-0.4, -0.2) is 36.1 Å². The molecular formula is C19H17Cl2F3N4O2. The lowest BCUT2D eigenvalue weighted by atomic mass is 9.97. The summed E-state index contributed by atoms with van der Waals surface area (Å²) < 4.78 is 40.1. The number of piperidine rings is 1. The Hall–Kier alpha value is -2.36. The third kappa shape index (κ3) is 5.03. The molecule has 1 aliphatic rings. The lowest BCUT2D eigenvalue weighted by Crippen LogP contribution is -2.39. The molecule has 1 aromatic carbocycles. The van der Waals surface area contributed by atoms with Crippen molar-refractivity contribution in [1.29, 1.82) is 0 Å². The van der Waals surface area contributed by atoms with Gasteiger partial charge in [-0.1, -0.05) is 29.3 Å². The summed E-state index contributed by atoms with van der Waals surface area (Å²) in [5.74, 6) is -3.21. The van der Waals surface area contributed by atoms with Gasteiger partial charge in [-0.15, -0.1) is 0 Å². The van der Waals surface area contributed by atoms with Crippen molar-refractivity contribution >= 4 is 52.2 Å². The Morgan fingerprint density at radius 1 is 1.13 bits per heavy atom. The fourth-order valence-electron chi connectivity index (χ4n) is 3.10. The monoisotopic (exact) mass is 460 g/mol. The normalized spacial score (nSPS) is 15.0. The molecule has 0 bridgehead atoms. The molecule has 6 nitrogen and oxygen atoms in total. The Labute approximate surface area is 180 Å². The van der Waals surface area contributed by atoms with Crippen LogP contribution >= 0.6 is 23.2 Å². The number of nitrogens with zero attached hydrogens (tertiary/aromatic N) is 2. The van der Waals surface area contributed by atoms with E-state index in [4.69, 9.17) is 23.2 Å². The SMILES string of the molecule is O=C(Nc1c(Cl)cccc1N(C(=O)C(F)(F)F)c1ccc(Cl)cn1)C1CCNCC1. The maximum absolute atomic E-state index is 13.4. The molecule has 0 saturated carbocycles. The van der Waals surface area contributed by atoms with Gasteiger partial charge in [-0.3, -0.25) is 14.5 Å². The Bertz CT molecular complexity index is 932. The van der Waals surface area contributed by atoms with Crippen molar-refractivity contribution in [2.45, 2.75) is 19.0 Å². The lowest BCUT2D eigenvalue weighted by Gasteiger charge is -2.27. The molecule has 11 heteroatoms. The summed E-state index contributed by atoms with van der Waals surface area (Å²) in [5.41, 5.74) is -0.348. The number of carbonyl (C=O) groups is 2. The smallest absolute Gasteiger partial charge is 0.323 e.